The summed E-state index contributed by atoms with van der Waals surface area (Å²) >= 11 is 0.979. The summed E-state index contributed by atoms with van der Waals surface area (Å²) in [6.45, 7) is 3.49. The molecule has 43 heavy (non-hydrogen) atoms. The number of hydrogen-bond acceptors (Lipinski definition) is 14. The van der Waals surface area contributed by atoms with Crippen LogP contribution in [0.25, 0.3) is 0 Å². The van der Waals surface area contributed by atoms with E-state index >= 15 is 0 Å². The fourth-order valence-electron chi connectivity index (χ4n) is 3.82. The summed E-state index contributed by atoms with van der Waals surface area (Å²) in [5.74, 6) is -3.56. The summed E-state index contributed by atoms with van der Waals surface area (Å²) in [5.41, 5.74) is 10.5. The average Bonchev–Trinajstić information content (AvgIpc) is 3.37. The van der Waals surface area contributed by atoms with Gasteiger partial charge in [-0.2, -0.15) is 13.5 Å². The molecule has 1 aromatic heterocycles. The van der Waals surface area contributed by atoms with Gasteiger partial charge in [-0.15, -0.1) is 15.6 Å². The van der Waals surface area contributed by atoms with Crippen molar-refractivity contribution >= 4 is 56.1 Å². The quantitative estimate of drug-likeness (QED) is 0.0398. The number of amides is 1. The average molecular weight is 642 g/mol. The van der Waals surface area contributed by atoms with Gasteiger partial charge in [-0.1, -0.05) is 5.16 Å². The molecule has 1 amide bonds. The van der Waals surface area contributed by atoms with Gasteiger partial charge in [0.05, 0.1) is 18.0 Å². The second-order valence-electron chi connectivity index (χ2n) is 9.62. The normalized spacial score (nSPS) is 17.7. The third-order valence-electron chi connectivity index (χ3n) is 6.20. The van der Waals surface area contributed by atoms with Crippen LogP contribution in [0.3, 0.4) is 0 Å². The number of likely N-dealkylation sites (N-methyl/N-ethyl adjacent to an activating group) is 1. The fourth-order valence-corrected chi connectivity index (χ4v) is 4.82. The van der Waals surface area contributed by atoms with Crippen LogP contribution in [0.4, 0.5) is 5.13 Å². The molecule has 7 N–H and O–H groups in total. The minimum atomic E-state index is -4.99. The van der Waals surface area contributed by atoms with Crippen molar-refractivity contribution in [3.05, 3.63) is 40.9 Å². The second-order valence-corrected chi connectivity index (χ2v) is 11.5. The number of carboxylic acid groups (broad SMARTS) is 1. The maximum Gasteiger partial charge on any atom is 0.418 e. The Morgan fingerprint density at radius 3 is 2.49 bits per heavy atom. The first-order chi connectivity index (χ1) is 20.1. The number of hydroxylamine groups is 2. The van der Waals surface area contributed by atoms with Crippen molar-refractivity contribution in [3.8, 4) is 5.75 Å². The molecule has 0 saturated carbocycles. The maximum atomic E-state index is 13.2. The maximum absolute atomic E-state index is 13.2. The smallest absolute Gasteiger partial charge is 0.418 e. The summed E-state index contributed by atoms with van der Waals surface area (Å²) in [4.78, 5) is 51.0. The van der Waals surface area contributed by atoms with Gasteiger partial charge in [0.1, 0.15) is 23.9 Å². The molecule has 2 heterocycles. The van der Waals surface area contributed by atoms with Crippen LogP contribution in [0.15, 0.2) is 39.8 Å². The lowest BCUT2D eigenvalue weighted by Crippen LogP contribution is -2.68. The fraction of sp³-hybridized carbons (Fsp3) is 0.417. The molecule has 0 aliphatic carbocycles. The van der Waals surface area contributed by atoms with Crippen molar-refractivity contribution < 1.29 is 46.3 Å². The number of nitrogens with zero attached hydrogens (tertiary/aromatic N) is 4. The standard InChI is InChI=1S/C24H31N7O10S2/c1-24(2)15(21(33)31(24)41-43(36,37)38)10-17(32)19(16-12-42-23(26)29-16)30-40-18(22(34)35)11-39-14-6-4-13(5-7-14)20(25)28-9-8-27-3/h4-7,12,15,18,27H,8-11H2,1-3H3,(H2,25,28)(H2,26,29)(H,34,35)(H,36,37,38)/b30-19-/t15?,18-/m0/s1. The Bertz CT molecular complexity index is 1510. The van der Waals surface area contributed by atoms with Crippen LogP contribution < -0.4 is 21.5 Å². The van der Waals surface area contributed by atoms with E-state index in [9.17, 15) is 27.9 Å². The van der Waals surface area contributed by atoms with Crippen molar-refractivity contribution in [2.24, 2.45) is 21.8 Å². The van der Waals surface area contributed by atoms with Crippen LogP contribution in [-0.2, 0) is 33.9 Å². The lowest BCUT2D eigenvalue weighted by molar-refractivity contribution is -0.228. The molecule has 1 aliphatic rings. The second kappa shape index (κ2) is 13.9. The van der Waals surface area contributed by atoms with Gasteiger partial charge in [0.2, 0.25) is 0 Å². The number of ether oxygens (including phenoxy) is 1. The number of nitrogens with two attached hydrogens (primary N) is 2. The lowest BCUT2D eigenvalue weighted by atomic mass is 9.74. The summed E-state index contributed by atoms with van der Waals surface area (Å²) in [5, 5.41) is 18.3. The van der Waals surface area contributed by atoms with E-state index in [2.05, 4.69) is 24.7 Å². The van der Waals surface area contributed by atoms with Gasteiger partial charge in [-0.05, 0) is 45.2 Å². The van der Waals surface area contributed by atoms with Crippen LogP contribution in [0.5, 0.6) is 5.75 Å². The van der Waals surface area contributed by atoms with E-state index in [1.807, 2.05) is 0 Å². The summed E-state index contributed by atoms with van der Waals surface area (Å²) in [6, 6.07) is 6.43. The number of anilines is 1. The number of carbonyl (C=O) groups is 3. The van der Waals surface area contributed by atoms with Crippen molar-refractivity contribution in [2.45, 2.75) is 31.9 Å². The van der Waals surface area contributed by atoms with Gasteiger partial charge >= 0.3 is 16.4 Å². The molecule has 0 bridgehead atoms. The largest absolute Gasteiger partial charge is 0.489 e. The SMILES string of the molecule is CNCCN=C(N)c1ccc(OC[C@H](O/N=C(\C(=O)CC2C(=O)N(OS(=O)(=O)O)C2(C)C)c2csc(N)n2)C(=O)O)cc1. The Balaban J connectivity index is 1.72. The van der Waals surface area contributed by atoms with Crippen LogP contribution >= 0.6 is 11.3 Å². The molecule has 3 rings (SSSR count). The molecule has 0 spiro atoms. The molecule has 1 saturated heterocycles. The number of ketones is 1. The first kappa shape index (κ1) is 33.3. The molecular weight excluding hydrogens is 610 g/mol. The van der Waals surface area contributed by atoms with Gasteiger partial charge in [0.25, 0.3) is 12.0 Å². The highest BCUT2D eigenvalue weighted by Gasteiger charge is 2.57. The molecule has 17 nitrogen and oxygen atoms in total. The predicted molar refractivity (Wildman–Crippen MR) is 154 cm³/mol. The number of amidine groups is 1. The molecule has 1 unspecified atom stereocenters. The minimum absolute atomic E-state index is 0.0299. The van der Waals surface area contributed by atoms with Gasteiger partial charge in [0, 0.05) is 23.9 Å². The highest BCUT2D eigenvalue weighted by Crippen LogP contribution is 2.40. The number of thiazole rings is 1. The highest BCUT2D eigenvalue weighted by atomic mass is 32.3. The molecule has 1 aliphatic heterocycles. The van der Waals surface area contributed by atoms with Gasteiger partial charge in [-0.25, -0.2) is 9.78 Å². The summed E-state index contributed by atoms with van der Waals surface area (Å²) < 4.78 is 40.9. The molecule has 1 fully saturated rings. The number of hydrogen-bond donors (Lipinski definition) is 5. The molecule has 1 aromatic carbocycles. The van der Waals surface area contributed by atoms with E-state index in [1.165, 1.54) is 19.2 Å². The lowest BCUT2D eigenvalue weighted by Gasteiger charge is -2.50. The van der Waals surface area contributed by atoms with Gasteiger partial charge in [-0.3, -0.25) is 19.1 Å². The van der Waals surface area contributed by atoms with E-state index in [0.29, 0.717) is 35.3 Å². The van der Waals surface area contributed by atoms with Crippen LogP contribution in [0, 0.1) is 5.92 Å². The van der Waals surface area contributed by atoms with Crippen molar-refractivity contribution in [3.63, 3.8) is 0 Å². The summed E-state index contributed by atoms with van der Waals surface area (Å²) in [6.07, 6.45) is -2.16. The van der Waals surface area contributed by atoms with E-state index < -0.39 is 64.4 Å². The zero-order valence-electron chi connectivity index (χ0n) is 23.3. The summed E-state index contributed by atoms with van der Waals surface area (Å²) in [7, 11) is -3.19. The molecule has 19 heteroatoms. The number of nitrogens with one attached hydrogen (secondary N) is 1. The number of aromatic nitrogens is 1. The van der Waals surface area contributed by atoms with Gasteiger partial charge < -0.3 is 31.5 Å². The zero-order valence-corrected chi connectivity index (χ0v) is 24.9. The third-order valence-corrected chi connectivity index (χ3v) is 7.21. The number of benzene rings is 1. The molecular formula is C24H31N7O10S2. The Morgan fingerprint density at radius 1 is 1.28 bits per heavy atom. The van der Waals surface area contributed by atoms with E-state index in [4.69, 9.17) is 25.6 Å². The Kier molecular flexibility index (Phi) is 10.8. The zero-order chi connectivity index (χ0) is 31.9. The minimum Gasteiger partial charge on any atom is -0.489 e. The number of Topliss-reactive ketones (excluding diaryl/α,β-unsaturated/α-hetero) is 1. The first-order valence-electron chi connectivity index (χ1n) is 12.5. The van der Waals surface area contributed by atoms with Gasteiger partial charge in [0.15, 0.2) is 16.6 Å². The highest BCUT2D eigenvalue weighted by molar-refractivity contribution is 7.80. The van der Waals surface area contributed by atoms with Crippen LogP contribution in [0.2, 0.25) is 0 Å². The number of β-lactam (4-membered cyclic amide) rings is 1. The number of rotatable bonds is 16. The van der Waals surface area contributed by atoms with Crippen molar-refractivity contribution in [1.29, 1.82) is 0 Å². The van der Waals surface area contributed by atoms with Crippen molar-refractivity contribution in [1.82, 2.24) is 15.4 Å². The van der Waals surface area contributed by atoms with E-state index in [0.717, 1.165) is 11.3 Å². The molecule has 2 aromatic rings. The Morgan fingerprint density at radius 2 is 1.95 bits per heavy atom. The third kappa shape index (κ3) is 8.67. The Hall–Kier alpha value is -4.17. The predicted octanol–water partition coefficient (Wildman–Crippen LogP) is -0.166. The monoisotopic (exact) mass is 641 g/mol. The number of carboxylic acids is 1. The molecule has 0 radical (unpaired) electrons. The molecule has 2 atom stereocenters. The number of nitrogen functional groups attached to an aromatic ring is 1. The number of carbonyl (C=O) groups excluding carboxylic acids is 2. The van der Waals surface area contributed by atoms with E-state index in [-0.39, 0.29) is 10.8 Å². The molecule has 234 valence electrons. The van der Waals surface area contributed by atoms with Crippen LogP contribution in [0.1, 0.15) is 31.5 Å². The first-order valence-corrected chi connectivity index (χ1v) is 14.8. The van der Waals surface area contributed by atoms with Crippen LogP contribution in [-0.4, -0.2) is 95.7 Å². The number of oxime groups is 1. The number of aliphatic carboxylic acids is 1. The topological polar surface area (TPSA) is 258 Å². The van der Waals surface area contributed by atoms with Crippen molar-refractivity contribution in [2.75, 3.05) is 32.5 Å². The van der Waals surface area contributed by atoms with E-state index in [1.54, 1.807) is 31.3 Å². The Labute approximate surface area is 250 Å². The number of aliphatic imine (C=N–C) groups is 1.